The van der Waals surface area contributed by atoms with E-state index in [9.17, 15) is 4.79 Å². The van der Waals surface area contributed by atoms with Crippen LogP contribution in [0.15, 0.2) is 42.6 Å². The fourth-order valence-electron chi connectivity index (χ4n) is 4.47. The van der Waals surface area contributed by atoms with Crippen LogP contribution in [0.25, 0.3) is 0 Å². The third-order valence-corrected chi connectivity index (χ3v) is 6.12. The van der Waals surface area contributed by atoms with E-state index < -0.39 is 0 Å². The van der Waals surface area contributed by atoms with Crippen molar-refractivity contribution in [3.05, 3.63) is 48.2 Å². The van der Waals surface area contributed by atoms with E-state index in [2.05, 4.69) is 36.0 Å². The van der Waals surface area contributed by atoms with E-state index in [4.69, 9.17) is 9.47 Å². The smallest absolute Gasteiger partial charge is 0.241 e. The van der Waals surface area contributed by atoms with E-state index in [-0.39, 0.29) is 29.8 Å². The molecule has 0 aliphatic carbocycles. The quantitative estimate of drug-likeness (QED) is 0.713. The molecule has 7 nitrogen and oxygen atoms in total. The van der Waals surface area contributed by atoms with E-state index in [1.807, 2.05) is 47.5 Å². The van der Waals surface area contributed by atoms with Gasteiger partial charge in [-0.05, 0) is 19.1 Å². The van der Waals surface area contributed by atoms with Crippen LogP contribution in [0.5, 0.6) is 11.6 Å². The molecular formula is C24H33ClN4O3. The van der Waals surface area contributed by atoms with Gasteiger partial charge in [0.1, 0.15) is 5.75 Å². The molecule has 0 unspecified atom stereocenters. The lowest BCUT2D eigenvalue weighted by atomic mass is 9.88. The van der Waals surface area contributed by atoms with Gasteiger partial charge in [-0.2, -0.15) is 0 Å². The lowest BCUT2D eigenvalue weighted by molar-refractivity contribution is -0.121. The minimum Gasteiger partial charge on any atom is -0.439 e. The molecule has 1 fully saturated rings. The highest BCUT2D eigenvalue weighted by atomic mass is 35.5. The number of rotatable bonds is 6. The first-order valence-corrected chi connectivity index (χ1v) is 10.9. The van der Waals surface area contributed by atoms with E-state index in [0.29, 0.717) is 31.6 Å². The standard InChI is InChI=1S/C24H32N4O3.ClH/c1-17-13-27(18(11-25-17)15-30-4)14-23(29)28-16-24(2,3)20-12-26-22(10-21(20)28)31-19-8-6-5-7-9-19;/h5-10,12,17-18,25H,11,13-16H2,1-4H3;1H/t17-,18-;/m1./s1. The van der Waals surface area contributed by atoms with Crippen LogP contribution in [0, 0.1) is 0 Å². The van der Waals surface area contributed by atoms with Gasteiger partial charge >= 0.3 is 0 Å². The summed E-state index contributed by atoms with van der Waals surface area (Å²) < 4.78 is 11.3. The number of halogens is 1. The van der Waals surface area contributed by atoms with Gasteiger partial charge in [-0.3, -0.25) is 9.69 Å². The first kappa shape index (κ1) is 24.5. The second-order valence-corrected chi connectivity index (χ2v) is 9.17. The molecular weight excluding hydrogens is 428 g/mol. The zero-order chi connectivity index (χ0) is 22.0. The number of piperazine rings is 1. The third-order valence-electron chi connectivity index (χ3n) is 6.12. The van der Waals surface area contributed by atoms with Gasteiger partial charge in [0.25, 0.3) is 0 Å². The molecule has 0 spiro atoms. The predicted molar refractivity (Wildman–Crippen MR) is 128 cm³/mol. The maximum atomic E-state index is 13.5. The number of carbonyl (C=O) groups excluding carboxylic acids is 1. The molecule has 1 amide bonds. The number of anilines is 1. The number of hydrogen-bond acceptors (Lipinski definition) is 6. The number of carbonyl (C=O) groups is 1. The second kappa shape index (κ2) is 10.2. The lowest BCUT2D eigenvalue weighted by Crippen LogP contribution is -2.59. The van der Waals surface area contributed by atoms with Gasteiger partial charge in [-0.25, -0.2) is 4.98 Å². The monoisotopic (exact) mass is 460 g/mol. The van der Waals surface area contributed by atoms with E-state index >= 15 is 0 Å². The fourth-order valence-corrected chi connectivity index (χ4v) is 4.47. The van der Waals surface area contributed by atoms with Gasteiger partial charge in [0.05, 0.1) is 18.8 Å². The molecule has 32 heavy (non-hydrogen) atoms. The molecule has 2 aliphatic heterocycles. The van der Waals surface area contributed by atoms with Gasteiger partial charge in [0, 0.05) is 62.1 Å². The summed E-state index contributed by atoms with van der Waals surface area (Å²) >= 11 is 0. The van der Waals surface area contributed by atoms with Gasteiger partial charge < -0.3 is 19.7 Å². The Kier molecular flexibility index (Phi) is 7.77. The van der Waals surface area contributed by atoms with Crippen molar-refractivity contribution in [3.63, 3.8) is 0 Å². The Bertz CT molecular complexity index is 925. The number of benzene rings is 1. The van der Waals surface area contributed by atoms with Crippen molar-refractivity contribution in [2.24, 2.45) is 0 Å². The minimum absolute atomic E-state index is 0. The average Bonchev–Trinajstić information content (AvgIpc) is 3.01. The highest BCUT2D eigenvalue weighted by Gasteiger charge is 2.40. The molecule has 1 saturated heterocycles. The zero-order valence-corrected chi connectivity index (χ0v) is 20.0. The summed E-state index contributed by atoms with van der Waals surface area (Å²) in [5.41, 5.74) is 1.80. The van der Waals surface area contributed by atoms with Crippen LogP contribution in [-0.2, 0) is 14.9 Å². The molecule has 0 bridgehead atoms. The van der Waals surface area contributed by atoms with Crippen molar-refractivity contribution in [1.82, 2.24) is 15.2 Å². The van der Waals surface area contributed by atoms with Crippen molar-refractivity contribution in [2.75, 3.05) is 44.8 Å². The molecule has 1 N–H and O–H groups in total. The predicted octanol–water partition coefficient (Wildman–Crippen LogP) is 3.23. The summed E-state index contributed by atoms with van der Waals surface area (Å²) in [4.78, 5) is 22.1. The van der Waals surface area contributed by atoms with Crippen molar-refractivity contribution in [3.8, 4) is 11.6 Å². The Labute approximate surface area is 196 Å². The summed E-state index contributed by atoms with van der Waals surface area (Å²) in [6.45, 7) is 9.70. The molecule has 8 heteroatoms. The first-order chi connectivity index (χ1) is 14.9. The van der Waals surface area contributed by atoms with E-state index in [0.717, 1.165) is 30.1 Å². The molecule has 0 saturated carbocycles. The number of ether oxygens (including phenoxy) is 2. The summed E-state index contributed by atoms with van der Waals surface area (Å²) in [6.07, 6.45) is 1.85. The van der Waals surface area contributed by atoms with Crippen molar-refractivity contribution in [2.45, 2.75) is 38.3 Å². The van der Waals surface area contributed by atoms with Gasteiger partial charge in [-0.15, -0.1) is 12.4 Å². The summed E-state index contributed by atoms with van der Waals surface area (Å²) in [7, 11) is 1.71. The van der Waals surface area contributed by atoms with Gasteiger partial charge in [-0.1, -0.05) is 32.0 Å². The number of pyridine rings is 1. The van der Waals surface area contributed by atoms with E-state index in [1.165, 1.54) is 0 Å². The molecule has 2 atom stereocenters. The number of nitrogens with one attached hydrogen (secondary N) is 1. The van der Waals surface area contributed by atoms with Crippen LogP contribution in [-0.4, -0.2) is 67.8 Å². The molecule has 1 aromatic carbocycles. The summed E-state index contributed by atoms with van der Waals surface area (Å²) in [5, 5.41) is 3.48. The van der Waals surface area contributed by atoms with Crippen LogP contribution in [0.4, 0.5) is 5.69 Å². The Morgan fingerprint density at radius 3 is 2.75 bits per heavy atom. The Balaban J connectivity index is 0.00000289. The molecule has 4 rings (SSSR count). The summed E-state index contributed by atoms with van der Waals surface area (Å²) in [6, 6.07) is 12.0. The Hall–Kier alpha value is -2.19. The van der Waals surface area contributed by atoms with Crippen LogP contribution >= 0.6 is 12.4 Å². The van der Waals surface area contributed by atoms with E-state index in [1.54, 1.807) is 7.11 Å². The fraction of sp³-hybridized carbons (Fsp3) is 0.500. The average molecular weight is 461 g/mol. The maximum absolute atomic E-state index is 13.5. The van der Waals surface area contributed by atoms with Crippen molar-refractivity contribution in [1.29, 1.82) is 0 Å². The van der Waals surface area contributed by atoms with Crippen molar-refractivity contribution < 1.29 is 14.3 Å². The van der Waals surface area contributed by atoms with Crippen molar-refractivity contribution >= 4 is 24.0 Å². The largest absolute Gasteiger partial charge is 0.439 e. The highest BCUT2D eigenvalue weighted by Crippen LogP contribution is 2.42. The molecule has 2 aromatic rings. The van der Waals surface area contributed by atoms with Crippen LogP contribution in [0.3, 0.4) is 0 Å². The van der Waals surface area contributed by atoms with Crippen LogP contribution in [0.1, 0.15) is 26.3 Å². The second-order valence-electron chi connectivity index (χ2n) is 9.17. The first-order valence-electron chi connectivity index (χ1n) is 10.9. The maximum Gasteiger partial charge on any atom is 0.241 e. The third kappa shape index (κ3) is 5.23. The summed E-state index contributed by atoms with van der Waals surface area (Å²) in [5.74, 6) is 1.31. The van der Waals surface area contributed by atoms with Crippen LogP contribution < -0.4 is 15.0 Å². The molecule has 2 aliphatic rings. The molecule has 174 valence electrons. The highest BCUT2D eigenvalue weighted by molar-refractivity contribution is 5.97. The number of aromatic nitrogens is 1. The molecule has 3 heterocycles. The lowest BCUT2D eigenvalue weighted by Gasteiger charge is -2.39. The SMILES string of the molecule is COC[C@H]1CN[C@H](C)CN1CC(=O)N1CC(C)(C)c2cnc(Oc3ccccc3)cc21.Cl. The minimum atomic E-state index is -0.161. The zero-order valence-electron chi connectivity index (χ0n) is 19.2. The number of methoxy groups -OCH3 is 1. The molecule has 1 aromatic heterocycles. The molecule has 0 radical (unpaired) electrons. The Morgan fingerprint density at radius 2 is 2.03 bits per heavy atom. The number of amides is 1. The topological polar surface area (TPSA) is 66.9 Å². The van der Waals surface area contributed by atoms with Crippen LogP contribution in [0.2, 0.25) is 0 Å². The number of hydrogen-bond donors (Lipinski definition) is 1. The number of fused-ring (bicyclic) bond motifs is 1. The van der Waals surface area contributed by atoms with Gasteiger partial charge in [0.15, 0.2) is 0 Å². The number of nitrogens with zero attached hydrogens (tertiary/aromatic N) is 3. The Morgan fingerprint density at radius 1 is 1.28 bits per heavy atom. The number of para-hydroxylation sites is 1. The normalized spacial score (nSPS) is 22.2. The van der Waals surface area contributed by atoms with Gasteiger partial charge in [0.2, 0.25) is 11.8 Å².